The number of carbonyl (C=O) groups is 3. The number of para-hydroxylation sites is 1. The molecular weight excluding hydrogens is 434 g/mol. The van der Waals surface area contributed by atoms with Crippen molar-refractivity contribution in [3.63, 3.8) is 0 Å². The van der Waals surface area contributed by atoms with Crippen LogP contribution in [0.3, 0.4) is 0 Å². The Labute approximate surface area is 199 Å². The minimum Gasteiger partial charge on any atom is -0.381 e. The van der Waals surface area contributed by atoms with Crippen LogP contribution in [-0.2, 0) is 20.9 Å². The van der Waals surface area contributed by atoms with E-state index in [9.17, 15) is 14.4 Å². The van der Waals surface area contributed by atoms with Crippen molar-refractivity contribution in [2.24, 2.45) is 17.1 Å². The molecule has 2 aromatic rings. The van der Waals surface area contributed by atoms with Crippen molar-refractivity contribution >= 4 is 28.6 Å². The van der Waals surface area contributed by atoms with E-state index in [0.29, 0.717) is 23.2 Å². The van der Waals surface area contributed by atoms with Crippen LogP contribution in [0.25, 0.3) is 10.9 Å². The van der Waals surface area contributed by atoms with Gasteiger partial charge in [0.1, 0.15) is 12.6 Å². The minimum atomic E-state index is -0.632. The number of amides is 3. The average Bonchev–Trinajstić information content (AvgIpc) is 3.28. The van der Waals surface area contributed by atoms with Gasteiger partial charge in [0.05, 0.1) is 11.6 Å². The van der Waals surface area contributed by atoms with Gasteiger partial charge in [-0.05, 0) is 49.5 Å². The van der Waals surface area contributed by atoms with Crippen LogP contribution in [-0.4, -0.2) is 63.7 Å². The Bertz CT molecular complexity index is 1140. The third-order valence-corrected chi connectivity index (χ3v) is 7.68. The van der Waals surface area contributed by atoms with Crippen LogP contribution >= 0.6 is 0 Å². The summed E-state index contributed by atoms with van der Waals surface area (Å²) >= 11 is 0. The molecule has 1 saturated heterocycles. The Balaban J connectivity index is 1.32. The van der Waals surface area contributed by atoms with E-state index < -0.39 is 11.9 Å². The smallest absolute Gasteiger partial charge is 0.269 e. The summed E-state index contributed by atoms with van der Waals surface area (Å²) < 4.78 is 7.13. The largest absolute Gasteiger partial charge is 0.381 e. The van der Waals surface area contributed by atoms with Gasteiger partial charge in [-0.15, -0.1) is 0 Å². The summed E-state index contributed by atoms with van der Waals surface area (Å²) in [6, 6.07) is 6.88. The van der Waals surface area contributed by atoms with Crippen molar-refractivity contribution in [1.29, 1.82) is 0 Å². The lowest BCUT2D eigenvalue weighted by Gasteiger charge is -2.40. The summed E-state index contributed by atoms with van der Waals surface area (Å²) in [6.45, 7) is 4.36. The maximum Gasteiger partial charge on any atom is 0.269 e. The molecule has 9 heteroatoms. The number of rotatable bonds is 6. The molecule has 34 heavy (non-hydrogen) atoms. The highest BCUT2D eigenvalue weighted by atomic mass is 16.5. The summed E-state index contributed by atoms with van der Waals surface area (Å²) in [5.74, 6) is -0.493. The first-order valence-electron chi connectivity index (χ1n) is 12.1. The molecule has 0 spiro atoms. The lowest BCUT2D eigenvalue weighted by Crippen LogP contribution is -2.53. The molecule has 9 nitrogen and oxygen atoms in total. The van der Waals surface area contributed by atoms with Gasteiger partial charge in [0, 0.05) is 24.6 Å². The molecule has 5 rings (SSSR count). The van der Waals surface area contributed by atoms with Gasteiger partial charge in [-0.25, -0.2) is 0 Å². The normalized spacial score (nSPS) is 29.6. The molecule has 1 aromatic heterocycles. The second-order valence-corrected chi connectivity index (χ2v) is 10.9. The first kappa shape index (κ1) is 22.8. The zero-order valence-corrected chi connectivity index (χ0v) is 20.0. The lowest BCUT2D eigenvalue weighted by molar-refractivity contribution is -0.141. The number of methoxy groups -OCH3 is 1. The molecule has 3 amide bonds. The summed E-state index contributed by atoms with van der Waals surface area (Å²) in [7, 11) is 1.72. The van der Waals surface area contributed by atoms with Gasteiger partial charge >= 0.3 is 0 Å². The zero-order valence-electron chi connectivity index (χ0n) is 20.0. The van der Waals surface area contributed by atoms with E-state index in [4.69, 9.17) is 10.5 Å². The molecule has 182 valence electrons. The number of hydrogen-bond acceptors (Lipinski definition) is 5. The van der Waals surface area contributed by atoms with Gasteiger partial charge in [0.15, 0.2) is 5.69 Å². The van der Waals surface area contributed by atoms with Crippen LogP contribution in [0, 0.1) is 11.3 Å². The molecule has 2 aliphatic carbocycles. The zero-order chi connectivity index (χ0) is 24.2. The number of primary amides is 1. The molecular formula is C25H33N5O4. The van der Waals surface area contributed by atoms with E-state index in [1.165, 1.54) is 4.68 Å². The molecule has 3 N–H and O–H groups in total. The molecule has 1 unspecified atom stereocenters. The van der Waals surface area contributed by atoms with Gasteiger partial charge in [-0.2, -0.15) is 5.10 Å². The quantitative estimate of drug-likeness (QED) is 0.672. The Morgan fingerprint density at radius 1 is 1.18 bits per heavy atom. The number of aromatic nitrogens is 2. The molecule has 2 saturated carbocycles. The van der Waals surface area contributed by atoms with Crippen LogP contribution < -0.4 is 11.1 Å². The maximum atomic E-state index is 13.4. The molecule has 1 aliphatic heterocycles. The van der Waals surface area contributed by atoms with E-state index in [2.05, 4.69) is 24.3 Å². The molecule has 3 aliphatic rings. The van der Waals surface area contributed by atoms with Crippen LogP contribution in [0.15, 0.2) is 24.3 Å². The number of piperidine rings is 1. The summed E-state index contributed by atoms with van der Waals surface area (Å²) in [6.07, 6.45) is 4.40. The molecule has 0 bridgehead atoms. The topological polar surface area (TPSA) is 120 Å². The second kappa shape index (κ2) is 8.37. The van der Waals surface area contributed by atoms with Crippen molar-refractivity contribution in [3.05, 3.63) is 30.0 Å². The fourth-order valence-corrected chi connectivity index (χ4v) is 6.13. The Morgan fingerprint density at radius 2 is 1.94 bits per heavy atom. The number of hydrogen-bond donors (Lipinski definition) is 2. The average molecular weight is 468 g/mol. The van der Waals surface area contributed by atoms with Crippen LogP contribution in [0.2, 0.25) is 0 Å². The Morgan fingerprint density at radius 3 is 2.68 bits per heavy atom. The molecule has 3 fully saturated rings. The van der Waals surface area contributed by atoms with Crippen molar-refractivity contribution in [1.82, 2.24) is 20.0 Å². The molecule has 2 heterocycles. The van der Waals surface area contributed by atoms with Gasteiger partial charge in [-0.3, -0.25) is 19.1 Å². The van der Waals surface area contributed by atoms with Crippen LogP contribution in [0.5, 0.6) is 0 Å². The summed E-state index contributed by atoms with van der Waals surface area (Å²) in [5.41, 5.74) is 6.40. The van der Waals surface area contributed by atoms with E-state index in [1.54, 1.807) is 24.1 Å². The Kier molecular flexibility index (Phi) is 5.62. The predicted molar refractivity (Wildman–Crippen MR) is 126 cm³/mol. The van der Waals surface area contributed by atoms with Gasteiger partial charge in [0.2, 0.25) is 11.8 Å². The number of likely N-dealkylation sites (tertiary alicyclic amines) is 1. The number of nitrogens with one attached hydrogen (secondary N) is 1. The van der Waals surface area contributed by atoms with Crippen LogP contribution in [0.1, 0.15) is 56.4 Å². The van der Waals surface area contributed by atoms with Crippen molar-refractivity contribution < 1.29 is 19.1 Å². The number of benzene rings is 1. The number of carbonyl (C=O) groups excluding carboxylic acids is 3. The molecule has 1 aromatic carbocycles. The lowest BCUT2D eigenvalue weighted by atomic mass is 9.73. The number of nitrogens with zero attached hydrogens (tertiary/aromatic N) is 3. The number of ether oxygens (including phenoxy) is 1. The highest BCUT2D eigenvalue weighted by Gasteiger charge is 2.56. The Hall–Kier alpha value is -2.94. The number of fused-ring (bicyclic) bond motifs is 2. The minimum absolute atomic E-state index is 0.0308. The van der Waals surface area contributed by atoms with Crippen molar-refractivity contribution in [2.45, 2.75) is 76.7 Å². The van der Waals surface area contributed by atoms with Crippen LogP contribution in [0.4, 0.5) is 0 Å². The van der Waals surface area contributed by atoms with E-state index in [1.807, 2.05) is 12.1 Å². The SMILES string of the molecule is CO[C@@H]1CC(NC(=O)[C@@H]2C[C@H]3C[C@H]3N2C(=O)Cn2nc(C(N)=O)c3ccccc32)CC(C)(C)C1. The summed E-state index contributed by atoms with van der Waals surface area (Å²) in [5, 5.41) is 8.16. The van der Waals surface area contributed by atoms with E-state index >= 15 is 0 Å². The third-order valence-electron chi connectivity index (χ3n) is 7.68. The van der Waals surface area contributed by atoms with Gasteiger partial charge < -0.3 is 20.7 Å². The van der Waals surface area contributed by atoms with E-state index in [0.717, 1.165) is 25.7 Å². The second-order valence-electron chi connectivity index (χ2n) is 10.9. The van der Waals surface area contributed by atoms with Gasteiger partial charge in [-0.1, -0.05) is 32.0 Å². The maximum absolute atomic E-state index is 13.4. The first-order chi connectivity index (χ1) is 16.2. The molecule has 0 radical (unpaired) electrons. The van der Waals surface area contributed by atoms with Crippen molar-refractivity contribution in [2.75, 3.05) is 7.11 Å². The predicted octanol–water partition coefficient (Wildman–Crippen LogP) is 1.83. The highest BCUT2D eigenvalue weighted by molar-refractivity contribution is 6.04. The standard InChI is InChI=1S/C25H33N5O4/c1-25(2)11-15(10-16(12-25)34-3)27-24(33)20-9-14-8-19(14)30(20)21(31)13-29-18-7-5-4-6-17(18)22(28-29)23(26)32/h4-7,14-16,19-20H,8-13H2,1-3H3,(H2,26,32)(H,27,33)/t14-,15?,16-,19-,20+/m1/s1. The van der Waals surface area contributed by atoms with E-state index in [-0.39, 0.29) is 47.7 Å². The third kappa shape index (κ3) is 4.17. The fraction of sp³-hybridized carbons (Fsp3) is 0.600. The van der Waals surface area contributed by atoms with Gasteiger partial charge in [0.25, 0.3) is 5.91 Å². The molecule has 5 atom stereocenters. The highest BCUT2D eigenvalue weighted by Crippen LogP contribution is 2.48. The summed E-state index contributed by atoms with van der Waals surface area (Å²) in [4.78, 5) is 40.4. The number of nitrogens with two attached hydrogens (primary N) is 1. The monoisotopic (exact) mass is 467 g/mol. The van der Waals surface area contributed by atoms with Crippen molar-refractivity contribution in [3.8, 4) is 0 Å². The first-order valence-corrected chi connectivity index (χ1v) is 12.1. The fourth-order valence-electron chi connectivity index (χ4n) is 6.13.